The zero-order valence-corrected chi connectivity index (χ0v) is 14.8. The summed E-state index contributed by atoms with van der Waals surface area (Å²) >= 11 is 0. The van der Waals surface area contributed by atoms with Crippen molar-refractivity contribution in [2.45, 2.75) is 12.5 Å². The van der Waals surface area contributed by atoms with Gasteiger partial charge in [-0.05, 0) is 52.9 Å². The standard InChI is InChI=1S/C20H22O5/c1-22-15-6-12(7-16(10-15)23-2)5-14-8-13-9-18(24-3)19(25-4)11-17(13)20(14)21/h5-7,9-11,20-21H,8H2,1-4H3. The molecule has 0 saturated heterocycles. The van der Waals surface area contributed by atoms with E-state index >= 15 is 0 Å². The molecular weight excluding hydrogens is 320 g/mol. The molecule has 0 saturated carbocycles. The molecule has 0 aliphatic heterocycles. The molecule has 0 radical (unpaired) electrons. The Labute approximate surface area is 147 Å². The number of aliphatic hydroxyl groups excluding tert-OH is 1. The summed E-state index contributed by atoms with van der Waals surface area (Å²) in [4.78, 5) is 0. The summed E-state index contributed by atoms with van der Waals surface area (Å²) in [5.41, 5.74) is 3.70. The molecule has 2 aromatic rings. The van der Waals surface area contributed by atoms with Crippen LogP contribution in [0.1, 0.15) is 22.8 Å². The summed E-state index contributed by atoms with van der Waals surface area (Å²) in [7, 11) is 6.43. The first kappa shape index (κ1) is 17.2. The van der Waals surface area contributed by atoms with Crippen molar-refractivity contribution in [3.8, 4) is 23.0 Å². The van der Waals surface area contributed by atoms with E-state index in [1.54, 1.807) is 28.4 Å². The van der Waals surface area contributed by atoms with Crippen LogP contribution >= 0.6 is 0 Å². The Bertz CT molecular complexity index is 788. The van der Waals surface area contributed by atoms with Gasteiger partial charge in [-0.3, -0.25) is 0 Å². The second kappa shape index (κ2) is 7.07. The third kappa shape index (κ3) is 3.28. The molecular formula is C20H22O5. The highest BCUT2D eigenvalue weighted by Crippen LogP contribution is 2.42. The predicted molar refractivity (Wildman–Crippen MR) is 95.7 cm³/mol. The maximum Gasteiger partial charge on any atom is 0.161 e. The van der Waals surface area contributed by atoms with Crippen LogP contribution in [0.2, 0.25) is 0 Å². The van der Waals surface area contributed by atoms with Gasteiger partial charge in [-0.25, -0.2) is 0 Å². The first-order valence-corrected chi connectivity index (χ1v) is 7.96. The lowest BCUT2D eigenvalue weighted by molar-refractivity contribution is 0.221. The fourth-order valence-corrected chi connectivity index (χ4v) is 3.12. The number of rotatable bonds is 5. The van der Waals surface area contributed by atoms with Gasteiger partial charge in [0.1, 0.15) is 17.6 Å². The summed E-state index contributed by atoms with van der Waals surface area (Å²) in [5, 5.41) is 10.7. The molecule has 1 N–H and O–H groups in total. The molecule has 0 fully saturated rings. The van der Waals surface area contributed by atoms with Crippen LogP contribution in [0.5, 0.6) is 23.0 Å². The summed E-state index contributed by atoms with van der Waals surface area (Å²) in [5.74, 6) is 2.70. The van der Waals surface area contributed by atoms with Crippen LogP contribution < -0.4 is 18.9 Å². The van der Waals surface area contributed by atoms with Gasteiger partial charge in [0.15, 0.2) is 11.5 Å². The van der Waals surface area contributed by atoms with Crippen LogP contribution in [0.4, 0.5) is 0 Å². The molecule has 132 valence electrons. The van der Waals surface area contributed by atoms with Crippen LogP contribution in [0.25, 0.3) is 6.08 Å². The molecule has 0 aromatic heterocycles. The second-order valence-electron chi connectivity index (χ2n) is 5.85. The molecule has 0 amide bonds. The maximum atomic E-state index is 10.7. The van der Waals surface area contributed by atoms with Gasteiger partial charge in [0.2, 0.25) is 0 Å². The number of hydrogen-bond donors (Lipinski definition) is 1. The van der Waals surface area contributed by atoms with E-state index in [2.05, 4.69) is 0 Å². The van der Waals surface area contributed by atoms with Gasteiger partial charge in [-0.15, -0.1) is 0 Å². The molecule has 1 aliphatic rings. The van der Waals surface area contributed by atoms with Gasteiger partial charge < -0.3 is 24.1 Å². The Morgan fingerprint density at radius 1 is 0.840 bits per heavy atom. The predicted octanol–water partition coefficient (Wildman–Crippen LogP) is 3.39. The monoisotopic (exact) mass is 342 g/mol. The Balaban J connectivity index is 1.98. The minimum atomic E-state index is -0.674. The van der Waals surface area contributed by atoms with Gasteiger partial charge in [0, 0.05) is 6.07 Å². The number of ether oxygens (including phenoxy) is 4. The zero-order valence-electron chi connectivity index (χ0n) is 14.8. The van der Waals surface area contributed by atoms with Crippen LogP contribution in [0.3, 0.4) is 0 Å². The Kier molecular flexibility index (Phi) is 4.86. The summed E-state index contributed by atoms with van der Waals surface area (Å²) in [6, 6.07) is 9.40. The SMILES string of the molecule is COc1cc(C=C2Cc3cc(OC)c(OC)cc3C2O)cc(OC)c1. The molecule has 0 bridgehead atoms. The lowest BCUT2D eigenvalue weighted by Gasteiger charge is -2.11. The zero-order chi connectivity index (χ0) is 18.0. The van der Waals surface area contributed by atoms with E-state index in [9.17, 15) is 5.11 Å². The van der Waals surface area contributed by atoms with Crippen molar-refractivity contribution < 1.29 is 24.1 Å². The van der Waals surface area contributed by atoms with Crippen molar-refractivity contribution in [1.29, 1.82) is 0 Å². The van der Waals surface area contributed by atoms with E-state index in [-0.39, 0.29) is 0 Å². The highest BCUT2D eigenvalue weighted by Gasteiger charge is 2.27. The van der Waals surface area contributed by atoms with E-state index < -0.39 is 6.10 Å². The van der Waals surface area contributed by atoms with Crippen LogP contribution in [-0.4, -0.2) is 33.5 Å². The van der Waals surface area contributed by atoms with Gasteiger partial charge in [0.05, 0.1) is 28.4 Å². The van der Waals surface area contributed by atoms with Crippen molar-refractivity contribution >= 4 is 6.08 Å². The molecule has 0 spiro atoms. The third-order valence-electron chi connectivity index (χ3n) is 4.41. The summed E-state index contributed by atoms with van der Waals surface area (Å²) in [6.45, 7) is 0. The summed E-state index contributed by atoms with van der Waals surface area (Å²) < 4.78 is 21.3. The van der Waals surface area contributed by atoms with Gasteiger partial charge in [0.25, 0.3) is 0 Å². The molecule has 2 aromatic carbocycles. The van der Waals surface area contributed by atoms with Crippen molar-refractivity contribution in [3.05, 3.63) is 52.6 Å². The minimum absolute atomic E-state index is 0.615. The van der Waals surface area contributed by atoms with Crippen LogP contribution in [0.15, 0.2) is 35.9 Å². The lowest BCUT2D eigenvalue weighted by Crippen LogP contribution is -1.97. The van der Waals surface area contributed by atoms with E-state index in [1.807, 2.05) is 36.4 Å². The Hall–Kier alpha value is -2.66. The smallest absolute Gasteiger partial charge is 0.161 e. The van der Waals surface area contributed by atoms with E-state index in [4.69, 9.17) is 18.9 Å². The molecule has 0 heterocycles. The number of fused-ring (bicyclic) bond motifs is 1. The number of methoxy groups -OCH3 is 4. The molecule has 1 aliphatic carbocycles. The van der Waals surface area contributed by atoms with Crippen LogP contribution in [0, 0.1) is 0 Å². The molecule has 1 atom stereocenters. The lowest BCUT2D eigenvalue weighted by atomic mass is 10.1. The first-order chi connectivity index (χ1) is 12.1. The van der Waals surface area contributed by atoms with Crippen molar-refractivity contribution in [3.63, 3.8) is 0 Å². The fraction of sp³-hybridized carbons (Fsp3) is 0.300. The van der Waals surface area contributed by atoms with Crippen molar-refractivity contribution in [2.24, 2.45) is 0 Å². The maximum absolute atomic E-state index is 10.7. The Morgan fingerprint density at radius 3 is 2.00 bits per heavy atom. The first-order valence-electron chi connectivity index (χ1n) is 7.96. The fourth-order valence-electron chi connectivity index (χ4n) is 3.12. The quantitative estimate of drug-likeness (QED) is 0.902. The van der Waals surface area contributed by atoms with E-state index in [0.717, 1.165) is 22.3 Å². The largest absolute Gasteiger partial charge is 0.497 e. The normalized spacial score (nSPS) is 17.3. The van der Waals surface area contributed by atoms with E-state index in [0.29, 0.717) is 29.4 Å². The molecule has 5 heteroatoms. The van der Waals surface area contributed by atoms with Gasteiger partial charge in [-0.2, -0.15) is 0 Å². The summed E-state index contributed by atoms with van der Waals surface area (Å²) in [6.07, 6.45) is 1.94. The molecule has 3 rings (SSSR count). The highest BCUT2D eigenvalue weighted by molar-refractivity contribution is 5.64. The minimum Gasteiger partial charge on any atom is -0.497 e. The van der Waals surface area contributed by atoms with Gasteiger partial charge in [-0.1, -0.05) is 6.08 Å². The molecule has 5 nitrogen and oxygen atoms in total. The average Bonchev–Trinajstić information content (AvgIpc) is 2.94. The molecule has 1 unspecified atom stereocenters. The third-order valence-corrected chi connectivity index (χ3v) is 4.41. The van der Waals surface area contributed by atoms with Crippen molar-refractivity contribution in [1.82, 2.24) is 0 Å². The second-order valence-corrected chi connectivity index (χ2v) is 5.85. The Morgan fingerprint density at radius 2 is 1.44 bits per heavy atom. The average molecular weight is 342 g/mol. The number of aliphatic hydroxyl groups is 1. The van der Waals surface area contributed by atoms with Gasteiger partial charge >= 0.3 is 0 Å². The van der Waals surface area contributed by atoms with E-state index in [1.165, 1.54) is 0 Å². The topological polar surface area (TPSA) is 57.2 Å². The number of benzene rings is 2. The van der Waals surface area contributed by atoms with Crippen molar-refractivity contribution in [2.75, 3.05) is 28.4 Å². The highest BCUT2D eigenvalue weighted by atomic mass is 16.5. The van der Waals surface area contributed by atoms with Crippen LogP contribution in [-0.2, 0) is 6.42 Å². The number of hydrogen-bond acceptors (Lipinski definition) is 5. The molecule has 25 heavy (non-hydrogen) atoms.